The molecule has 1 aliphatic carbocycles. The van der Waals surface area contributed by atoms with E-state index in [1.54, 1.807) is 12.1 Å². The average Bonchev–Trinajstić information content (AvgIpc) is 3.26. The van der Waals surface area contributed by atoms with Gasteiger partial charge in [0.2, 0.25) is 5.91 Å². The molecule has 27 heavy (non-hydrogen) atoms. The van der Waals surface area contributed by atoms with Crippen molar-refractivity contribution in [3.05, 3.63) is 29.8 Å². The van der Waals surface area contributed by atoms with Crippen molar-refractivity contribution in [3.8, 4) is 5.75 Å². The molecule has 0 radical (unpaired) electrons. The van der Waals surface area contributed by atoms with Gasteiger partial charge in [0.25, 0.3) is 0 Å². The summed E-state index contributed by atoms with van der Waals surface area (Å²) in [4.78, 5) is 14.8. The lowest BCUT2D eigenvalue weighted by molar-refractivity contribution is -0.127. The number of carbonyl (C=O) groups is 1. The Morgan fingerprint density at radius 1 is 1.26 bits per heavy atom. The maximum Gasteiger partial charge on any atom is 0.223 e. The molecule has 4 aliphatic rings. The summed E-state index contributed by atoms with van der Waals surface area (Å²) in [6, 6.07) is 7.54. The van der Waals surface area contributed by atoms with Crippen LogP contribution in [0.1, 0.15) is 37.7 Å². The highest BCUT2D eigenvalue weighted by atomic mass is 16.5. The fourth-order valence-corrected chi connectivity index (χ4v) is 5.71. The summed E-state index contributed by atoms with van der Waals surface area (Å²) in [5.74, 6) is 1.88. The molecule has 0 aromatic heterocycles. The number of benzene rings is 1. The molecule has 1 amide bonds. The Kier molecular flexibility index (Phi) is 4.40. The first-order valence-corrected chi connectivity index (χ1v) is 10.6. The number of nitrogens with one attached hydrogen (secondary N) is 1. The monoisotopic (exact) mass is 370 g/mol. The van der Waals surface area contributed by atoms with Crippen molar-refractivity contribution in [2.45, 2.75) is 50.2 Å². The van der Waals surface area contributed by atoms with Crippen LogP contribution in [0, 0.1) is 17.8 Å². The highest BCUT2D eigenvalue weighted by Gasteiger charge is 2.62. The summed E-state index contributed by atoms with van der Waals surface area (Å²) in [5.41, 5.74) is 1.29. The van der Waals surface area contributed by atoms with Crippen LogP contribution in [-0.4, -0.2) is 53.8 Å². The molecule has 1 saturated carbocycles. The number of phenols is 1. The second kappa shape index (κ2) is 6.78. The van der Waals surface area contributed by atoms with Gasteiger partial charge < -0.3 is 15.2 Å². The lowest BCUT2D eigenvalue weighted by atomic mass is 9.73. The summed E-state index contributed by atoms with van der Waals surface area (Å²) >= 11 is 0. The largest absolute Gasteiger partial charge is 0.508 e. The van der Waals surface area contributed by atoms with Crippen LogP contribution < -0.4 is 5.32 Å². The van der Waals surface area contributed by atoms with Gasteiger partial charge in [-0.15, -0.1) is 0 Å². The number of phenolic OH excluding ortho intramolecular Hbond substituents is 1. The van der Waals surface area contributed by atoms with Gasteiger partial charge in [-0.25, -0.2) is 0 Å². The molecular weight excluding hydrogens is 340 g/mol. The minimum atomic E-state index is 0.0332. The summed E-state index contributed by atoms with van der Waals surface area (Å²) in [6.07, 6.45) is 6.99. The Labute approximate surface area is 161 Å². The van der Waals surface area contributed by atoms with E-state index >= 15 is 0 Å². The van der Waals surface area contributed by atoms with Gasteiger partial charge in [0.15, 0.2) is 0 Å². The summed E-state index contributed by atoms with van der Waals surface area (Å²) in [5, 5.41) is 12.7. The van der Waals surface area contributed by atoms with Crippen LogP contribution in [0.25, 0.3) is 0 Å². The minimum absolute atomic E-state index is 0.0332. The zero-order valence-corrected chi connectivity index (χ0v) is 15.9. The molecule has 3 heterocycles. The van der Waals surface area contributed by atoms with Crippen LogP contribution in [0.2, 0.25) is 0 Å². The Balaban J connectivity index is 1.18. The number of fused-ring (bicyclic) bond motifs is 1. The van der Waals surface area contributed by atoms with Crippen molar-refractivity contribution >= 4 is 5.91 Å². The van der Waals surface area contributed by atoms with E-state index in [0.717, 1.165) is 51.9 Å². The van der Waals surface area contributed by atoms with Crippen molar-refractivity contribution in [1.82, 2.24) is 10.2 Å². The van der Waals surface area contributed by atoms with Crippen LogP contribution in [0.5, 0.6) is 5.75 Å². The Morgan fingerprint density at radius 3 is 2.81 bits per heavy atom. The molecule has 5 heteroatoms. The molecule has 1 aromatic rings. The maximum atomic E-state index is 12.2. The van der Waals surface area contributed by atoms with Gasteiger partial charge in [-0.1, -0.05) is 18.6 Å². The van der Waals surface area contributed by atoms with Crippen LogP contribution in [0.15, 0.2) is 24.3 Å². The molecule has 2 bridgehead atoms. The van der Waals surface area contributed by atoms with Gasteiger partial charge in [0, 0.05) is 43.9 Å². The quantitative estimate of drug-likeness (QED) is 0.807. The smallest absolute Gasteiger partial charge is 0.223 e. The van der Waals surface area contributed by atoms with E-state index in [9.17, 15) is 9.90 Å². The standard InChI is InChI=1S/C22H30N2O3/c25-17-6-4-15(5-7-17)9-11-24-13-19-18(12-23-21(26)16-2-1-3-16)20-8-10-22(19,14-24)27-20/h4-7,16,18-20,25H,1-3,8-14H2,(H,23,26)/t18-,19+,20+,22+/m0/s1. The van der Waals surface area contributed by atoms with E-state index in [0.29, 0.717) is 23.7 Å². The number of rotatable bonds is 6. The van der Waals surface area contributed by atoms with E-state index in [1.807, 2.05) is 12.1 Å². The third-order valence-corrected chi connectivity index (χ3v) is 7.50. The fourth-order valence-electron chi connectivity index (χ4n) is 5.71. The second-order valence-electron chi connectivity index (χ2n) is 9.05. The van der Waals surface area contributed by atoms with Gasteiger partial charge in [-0.3, -0.25) is 9.69 Å². The first kappa shape index (κ1) is 17.5. The van der Waals surface area contributed by atoms with Gasteiger partial charge in [-0.05, 0) is 49.8 Å². The zero-order chi connectivity index (χ0) is 18.4. The third-order valence-electron chi connectivity index (χ3n) is 7.50. The van der Waals surface area contributed by atoms with E-state index in [2.05, 4.69) is 10.2 Å². The minimum Gasteiger partial charge on any atom is -0.508 e. The molecule has 0 unspecified atom stereocenters. The molecule has 5 rings (SSSR count). The fraction of sp³-hybridized carbons (Fsp3) is 0.682. The molecular formula is C22H30N2O3. The number of nitrogens with zero attached hydrogens (tertiary/aromatic N) is 1. The number of carbonyl (C=O) groups excluding carboxylic acids is 1. The number of hydrogen-bond acceptors (Lipinski definition) is 4. The average molecular weight is 370 g/mol. The lowest BCUT2D eigenvalue weighted by Crippen LogP contribution is -2.44. The predicted octanol–water partition coefficient (Wildman–Crippen LogP) is 2.33. The van der Waals surface area contributed by atoms with Gasteiger partial charge in [-0.2, -0.15) is 0 Å². The van der Waals surface area contributed by atoms with Crippen LogP contribution in [0.3, 0.4) is 0 Å². The van der Waals surface area contributed by atoms with Crippen LogP contribution >= 0.6 is 0 Å². The molecule has 4 atom stereocenters. The third kappa shape index (κ3) is 3.15. The van der Waals surface area contributed by atoms with E-state index in [4.69, 9.17) is 4.74 Å². The number of ether oxygens (including phenoxy) is 1. The lowest BCUT2D eigenvalue weighted by Gasteiger charge is -2.31. The van der Waals surface area contributed by atoms with Crippen molar-refractivity contribution in [3.63, 3.8) is 0 Å². The maximum absolute atomic E-state index is 12.2. The van der Waals surface area contributed by atoms with Crippen LogP contribution in [-0.2, 0) is 16.0 Å². The second-order valence-corrected chi connectivity index (χ2v) is 9.05. The SMILES string of the molecule is O=C(NC[C@H]1[C@H]2CN(CCc3ccc(O)cc3)C[C@]23CC[C@H]1O3)C1CCC1. The molecule has 4 fully saturated rings. The predicted molar refractivity (Wildman–Crippen MR) is 102 cm³/mol. The van der Waals surface area contributed by atoms with E-state index in [-0.39, 0.29) is 17.4 Å². The van der Waals surface area contributed by atoms with E-state index < -0.39 is 0 Å². The number of amides is 1. The summed E-state index contributed by atoms with van der Waals surface area (Å²) in [6.45, 7) is 3.92. The zero-order valence-electron chi connectivity index (χ0n) is 15.9. The molecule has 5 nitrogen and oxygen atoms in total. The molecule has 1 aromatic carbocycles. The first-order chi connectivity index (χ1) is 13.1. The normalized spacial score (nSPS) is 35.2. The van der Waals surface area contributed by atoms with Crippen molar-refractivity contribution in [2.75, 3.05) is 26.2 Å². The first-order valence-electron chi connectivity index (χ1n) is 10.6. The van der Waals surface area contributed by atoms with Crippen molar-refractivity contribution in [1.29, 1.82) is 0 Å². The molecule has 146 valence electrons. The molecule has 3 aliphatic heterocycles. The summed E-state index contributed by atoms with van der Waals surface area (Å²) < 4.78 is 6.50. The topological polar surface area (TPSA) is 61.8 Å². The van der Waals surface area contributed by atoms with Gasteiger partial charge >= 0.3 is 0 Å². The number of aromatic hydroxyl groups is 1. The van der Waals surface area contributed by atoms with Crippen molar-refractivity contribution < 1.29 is 14.6 Å². The Hall–Kier alpha value is -1.59. The van der Waals surface area contributed by atoms with Crippen LogP contribution in [0.4, 0.5) is 0 Å². The Morgan fingerprint density at radius 2 is 2.07 bits per heavy atom. The number of likely N-dealkylation sites (tertiary alicyclic amines) is 1. The van der Waals surface area contributed by atoms with Gasteiger partial charge in [0.1, 0.15) is 5.75 Å². The highest BCUT2D eigenvalue weighted by molar-refractivity contribution is 5.79. The molecule has 2 N–H and O–H groups in total. The van der Waals surface area contributed by atoms with Gasteiger partial charge in [0.05, 0.1) is 11.7 Å². The van der Waals surface area contributed by atoms with E-state index in [1.165, 1.54) is 18.4 Å². The highest BCUT2D eigenvalue weighted by Crippen LogP contribution is 2.54. The van der Waals surface area contributed by atoms with Crippen molar-refractivity contribution in [2.24, 2.45) is 17.8 Å². The molecule has 1 spiro atoms. The molecule has 3 saturated heterocycles. The Bertz CT molecular complexity index is 702. The number of hydrogen-bond donors (Lipinski definition) is 2. The summed E-state index contributed by atoms with van der Waals surface area (Å²) in [7, 11) is 0.